The van der Waals surface area contributed by atoms with E-state index in [0.717, 1.165) is 22.3 Å². The molecule has 2 heteroatoms. The van der Waals surface area contributed by atoms with Crippen molar-refractivity contribution in [1.29, 1.82) is 0 Å². The van der Waals surface area contributed by atoms with Gasteiger partial charge in [-0.1, -0.05) is 86.6 Å². The van der Waals surface area contributed by atoms with E-state index in [1.54, 1.807) is 12.1 Å². The second-order valence-electron chi connectivity index (χ2n) is 6.94. The average Bonchev–Trinajstić information content (AvgIpc) is 3.07. The minimum Gasteiger partial charge on any atom is -0.508 e. The van der Waals surface area contributed by atoms with Crippen molar-refractivity contribution in [3.63, 3.8) is 0 Å². The molecule has 144 valence electrons. The first-order valence-corrected chi connectivity index (χ1v) is 9.99. The second-order valence-corrected chi connectivity index (χ2v) is 6.94. The molecule has 0 aromatic heterocycles. The lowest BCUT2D eigenvalue weighted by atomic mass is 9.67. The van der Waals surface area contributed by atoms with Gasteiger partial charge in [-0.25, -0.2) is 0 Å². The van der Waals surface area contributed by atoms with Crippen LogP contribution in [0.15, 0.2) is 97.1 Å². The Morgan fingerprint density at radius 2 is 0.931 bits per heavy atom. The Morgan fingerprint density at radius 1 is 0.517 bits per heavy atom. The summed E-state index contributed by atoms with van der Waals surface area (Å²) in [5, 5.41) is 20.5. The molecule has 0 aliphatic heterocycles. The second kappa shape index (κ2) is 7.48. The van der Waals surface area contributed by atoms with Crippen LogP contribution in [0.3, 0.4) is 0 Å². The number of fused-ring (bicyclic) bond motifs is 3. The molecule has 0 amide bonds. The molecule has 0 radical (unpaired) electrons. The maximum absolute atomic E-state index is 10.2. The van der Waals surface area contributed by atoms with E-state index in [1.807, 2.05) is 62.4 Å². The summed E-state index contributed by atoms with van der Waals surface area (Å²) in [6, 6.07) is 31.6. The standard InChI is InChI=1S/C25H18O2.C2H6/c26-19-9-5-7-17(15-19)25(18-8-6-10-20(27)16-18)23-13-3-1-11-21(23)22-12-2-4-14-24(22)25;1-2/h1-16,26-27H;1-2H3. The Labute approximate surface area is 171 Å². The molecule has 4 aromatic rings. The molecule has 0 atom stereocenters. The largest absolute Gasteiger partial charge is 0.508 e. The Morgan fingerprint density at radius 3 is 1.34 bits per heavy atom. The molecule has 5 rings (SSSR count). The highest BCUT2D eigenvalue weighted by atomic mass is 16.3. The number of benzene rings is 4. The van der Waals surface area contributed by atoms with E-state index in [9.17, 15) is 10.2 Å². The van der Waals surface area contributed by atoms with Crippen LogP contribution in [-0.4, -0.2) is 10.2 Å². The van der Waals surface area contributed by atoms with E-state index in [4.69, 9.17) is 0 Å². The van der Waals surface area contributed by atoms with Crippen LogP contribution in [0.25, 0.3) is 11.1 Å². The lowest BCUT2D eigenvalue weighted by Crippen LogP contribution is -2.28. The van der Waals surface area contributed by atoms with Crippen LogP contribution in [0.5, 0.6) is 11.5 Å². The molecule has 0 saturated carbocycles. The van der Waals surface area contributed by atoms with Gasteiger partial charge in [0.15, 0.2) is 0 Å². The maximum atomic E-state index is 10.2. The molecule has 1 aliphatic rings. The van der Waals surface area contributed by atoms with Gasteiger partial charge in [-0.05, 0) is 57.6 Å². The normalized spacial score (nSPS) is 13.0. The van der Waals surface area contributed by atoms with E-state index in [-0.39, 0.29) is 11.5 Å². The number of aromatic hydroxyl groups is 2. The third-order valence-electron chi connectivity index (χ3n) is 5.51. The van der Waals surface area contributed by atoms with Gasteiger partial charge in [0.25, 0.3) is 0 Å². The van der Waals surface area contributed by atoms with E-state index < -0.39 is 5.41 Å². The van der Waals surface area contributed by atoms with Gasteiger partial charge in [0.1, 0.15) is 11.5 Å². The Bertz CT molecular complexity index is 1070. The van der Waals surface area contributed by atoms with Gasteiger partial charge in [0.2, 0.25) is 0 Å². The summed E-state index contributed by atoms with van der Waals surface area (Å²) < 4.78 is 0. The van der Waals surface area contributed by atoms with E-state index in [2.05, 4.69) is 36.4 Å². The van der Waals surface area contributed by atoms with Crippen molar-refractivity contribution in [3.05, 3.63) is 119 Å². The summed E-state index contributed by atoms with van der Waals surface area (Å²) in [4.78, 5) is 0. The smallest absolute Gasteiger partial charge is 0.115 e. The van der Waals surface area contributed by atoms with Crippen molar-refractivity contribution in [3.8, 4) is 22.6 Å². The number of phenols is 2. The first-order chi connectivity index (χ1) is 14.2. The van der Waals surface area contributed by atoms with Crippen molar-refractivity contribution >= 4 is 0 Å². The van der Waals surface area contributed by atoms with Crippen LogP contribution < -0.4 is 0 Å². The lowest BCUT2D eigenvalue weighted by Gasteiger charge is -2.33. The molecule has 29 heavy (non-hydrogen) atoms. The van der Waals surface area contributed by atoms with Crippen molar-refractivity contribution < 1.29 is 10.2 Å². The summed E-state index contributed by atoms with van der Waals surface area (Å²) >= 11 is 0. The van der Waals surface area contributed by atoms with Gasteiger partial charge in [0, 0.05) is 0 Å². The fourth-order valence-corrected chi connectivity index (χ4v) is 4.50. The first kappa shape index (κ1) is 18.8. The van der Waals surface area contributed by atoms with Crippen LogP contribution >= 0.6 is 0 Å². The predicted molar refractivity (Wildman–Crippen MR) is 118 cm³/mol. The molecule has 0 spiro atoms. The topological polar surface area (TPSA) is 40.5 Å². The fourth-order valence-electron chi connectivity index (χ4n) is 4.50. The third-order valence-corrected chi connectivity index (χ3v) is 5.51. The summed E-state index contributed by atoms with van der Waals surface area (Å²) in [5.41, 5.74) is 6.03. The molecule has 4 aromatic carbocycles. The van der Waals surface area contributed by atoms with Crippen LogP contribution in [0.4, 0.5) is 0 Å². The molecule has 0 unspecified atom stereocenters. The summed E-state index contributed by atoms with van der Waals surface area (Å²) in [6.45, 7) is 4.00. The zero-order chi connectivity index (χ0) is 20.4. The minimum atomic E-state index is -0.593. The Balaban J connectivity index is 0.000000994. The van der Waals surface area contributed by atoms with E-state index in [1.165, 1.54) is 11.1 Å². The molecule has 0 bridgehead atoms. The fraction of sp³-hybridized carbons (Fsp3) is 0.111. The Hall–Kier alpha value is -3.52. The van der Waals surface area contributed by atoms with Crippen molar-refractivity contribution in [1.82, 2.24) is 0 Å². The quantitative estimate of drug-likeness (QED) is 0.368. The SMILES string of the molecule is CC.Oc1cccc(C2(c3cccc(O)c3)c3ccccc3-c3ccccc32)c1. The van der Waals surface area contributed by atoms with Gasteiger partial charge < -0.3 is 10.2 Å². The maximum Gasteiger partial charge on any atom is 0.115 e. The highest BCUT2D eigenvalue weighted by Crippen LogP contribution is 2.56. The molecule has 0 fully saturated rings. The highest BCUT2D eigenvalue weighted by Gasteiger charge is 2.46. The van der Waals surface area contributed by atoms with Crippen LogP contribution in [0, 0.1) is 0 Å². The number of phenolic OH excluding ortho intramolecular Hbond substituents is 2. The molecule has 2 nitrogen and oxygen atoms in total. The van der Waals surface area contributed by atoms with Crippen LogP contribution in [-0.2, 0) is 5.41 Å². The van der Waals surface area contributed by atoms with Crippen molar-refractivity contribution in [2.45, 2.75) is 19.3 Å². The Kier molecular flexibility index (Phi) is 4.85. The van der Waals surface area contributed by atoms with Crippen LogP contribution in [0.1, 0.15) is 36.1 Å². The summed E-state index contributed by atoms with van der Waals surface area (Å²) in [5.74, 6) is 0.461. The van der Waals surface area contributed by atoms with Crippen molar-refractivity contribution in [2.75, 3.05) is 0 Å². The molecule has 0 heterocycles. The summed E-state index contributed by atoms with van der Waals surface area (Å²) in [6.07, 6.45) is 0. The predicted octanol–water partition coefficient (Wildman–Crippen LogP) is 6.49. The highest BCUT2D eigenvalue weighted by molar-refractivity contribution is 5.86. The summed E-state index contributed by atoms with van der Waals surface area (Å²) in [7, 11) is 0. The molecular formula is C27H24O2. The third kappa shape index (κ3) is 2.80. The molecular weight excluding hydrogens is 356 g/mol. The lowest BCUT2D eigenvalue weighted by molar-refractivity contribution is 0.472. The van der Waals surface area contributed by atoms with Gasteiger partial charge in [-0.15, -0.1) is 0 Å². The zero-order valence-corrected chi connectivity index (χ0v) is 16.6. The van der Waals surface area contributed by atoms with Gasteiger partial charge in [-0.2, -0.15) is 0 Å². The zero-order valence-electron chi connectivity index (χ0n) is 16.6. The van der Waals surface area contributed by atoms with E-state index >= 15 is 0 Å². The molecule has 2 N–H and O–H groups in total. The minimum absolute atomic E-state index is 0.230. The van der Waals surface area contributed by atoms with Gasteiger partial charge in [-0.3, -0.25) is 0 Å². The number of rotatable bonds is 2. The van der Waals surface area contributed by atoms with E-state index in [0.29, 0.717) is 0 Å². The first-order valence-electron chi connectivity index (χ1n) is 9.99. The van der Waals surface area contributed by atoms with Gasteiger partial charge in [0.05, 0.1) is 5.41 Å². The van der Waals surface area contributed by atoms with Crippen molar-refractivity contribution in [2.24, 2.45) is 0 Å². The van der Waals surface area contributed by atoms with Crippen LogP contribution in [0.2, 0.25) is 0 Å². The monoisotopic (exact) mass is 380 g/mol. The van der Waals surface area contributed by atoms with Gasteiger partial charge >= 0.3 is 0 Å². The number of hydrogen-bond donors (Lipinski definition) is 2. The molecule has 1 aliphatic carbocycles. The number of hydrogen-bond acceptors (Lipinski definition) is 2. The average molecular weight is 380 g/mol. The molecule has 0 saturated heterocycles.